The smallest absolute Gasteiger partial charge is 0.355 e. The van der Waals surface area contributed by atoms with E-state index in [9.17, 15) is 14.9 Å². The summed E-state index contributed by atoms with van der Waals surface area (Å²) in [5, 5.41) is 10.5. The molecular weight excluding hydrogens is 260 g/mol. The van der Waals surface area contributed by atoms with Crippen LogP contribution in [0.4, 0.5) is 0 Å². The highest BCUT2D eigenvalue weighted by Crippen LogP contribution is 2.22. The summed E-state index contributed by atoms with van der Waals surface area (Å²) in [6.45, 7) is 9.06. The summed E-state index contributed by atoms with van der Waals surface area (Å²) in [7, 11) is 0. The van der Waals surface area contributed by atoms with Crippen molar-refractivity contribution in [1.29, 1.82) is 0 Å². The minimum absolute atomic E-state index is 0.152. The van der Waals surface area contributed by atoms with Crippen LogP contribution in [0.25, 0.3) is 0 Å². The predicted octanol–water partition coefficient (Wildman–Crippen LogP) is 2.66. The molecule has 0 fully saturated rings. The highest BCUT2D eigenvalue weighted by atomic mass is 16.6. The number of esters is 1. The zero-order valence-corrected chi connectivity index (χ0v) is 12.7. The number of rotatable bonds is 5. The van der Waals surface area contributed by atoms with Crippen LogP contribution in [-0.2, 0) is 17.6 Å². The molecule has 1 aromatic heterocycles. The van der Waals surface area contributed by atoms with Gasteiger partial charge in [0, 0.05) is 10.6 Å². The van der Waals surface area contributed by atoms with E-state index in [-0.39, 0.29) is 11.5 Å². The lowest BCUT2D eigenvalue weighted by Gasteiger charge is -2.19. The second kappa shape index (κ2) is 6.07. The number of nitrogens with zero attached hydrogens (tertiary/aromatic N) is 1. The van der Waals surface area contributed by atoms with Crippen molar-refractivity contribution < 1.29 is 14.5 Å². The zero-order chi connectivity index (χ0) is 15.5. The van der Waals surface area contributed by atoms with Crippen molar-refractivity contribution >= 4 is 5.97 Å². The fourth-order valence-corrected chi connectivity index (χ4v) is 2.13. The minimum Gasteiger partial charge on any atom is -0.455 e. The Kier molecular flexibility index (Phi) is 4.92. The van der Waals surface area contributed by atoms with Gasteiger partial charge in [0.1, 0.15) is 11.3 Å². The molecule has 0 atom stereocenters. The van der Waals surface area contributed by atoms with Gasteiger partial charge < -0.3 is 9.72 Å². The van der Waals surface area contributed by atoms with Crippen molar-refractivity contribution in [3.63, 3.8) is 0 Å². The number of aromatic nitrogens is 1. The summed E-state index contributed by atoms with van der Waals surface area (Å²) in [4.78, 5) is 25.2. The normalized spacial score (nSPS) is 11.4. The van der Waals surface area contributed by atoms with Gasteiger partial charge in [-0.25, -0.2) is 4.79 Å². The van der Waals surface area contributed by atoms with Gasteiger partial charge in [-0.15, -0.1) is 0 Å². The number of hydrogen-bond donors (Lipinski definition) is 1. The number of carbonyl (C=O) groups excluding carboxylic acids is 1. The average molecular weight is 282 g/mol. The molecule has 0 unspecified atom stereocenters. The number of hydrogen-bond acceptors (Lipinski definition) is 4. The van der Waals surface area contributed by atoms with Crippen LogP contribution in [0.1, 0.15) is 55.0 Å². The lowest BCUT2D eigenvalue weighted by molar-refractivity contribution is -0.479. The number of nitro groups is 1. The maximum absolute atomic E-state index is 12.1. The van der Waals surface area contributed by atoms with Crippen LogP contribution < -0.4 is 0 Å². The van der Waals surface area contributed by atoms with Gasteiger partial charge in [-0.2, -0.15) is 0 Å². The van der Waals surface area contributed by atoms with Gasteiger partial charge in [0.15, 0.2) is 0 Å². The molecule has 112 valence electrons. The largest absolute Gasteiger partial charge is 0.455 e. The van der Waals surface area contributed by atoms with E-state index in [1.807, 2.05) is 13.8 Å². The second-order valence-corrected chi connectivity index (χ2v) is 5.74. The van der Waals surface area contributed by atoms with Crippen LogP contribution in [0.15, 0.2) is 0 Å². The molecule has 0 saturated heterocycles. The van der Waals surface area contributed by atoms with E-state index in [1.165, 1.54) is 0 Å². The van der Waals surface area contributed by atoms with Crippen molar-refractivity contribution in [2.75, 3.05) is 6.54 Å². The Morgan fingerprint density at radius 1 is 1.40 bits per heavy atom. The molecule has 1 rings (SSSR count). The highest BCUT2D eigenvalue weighted by Gasteiger charge is 2.24. The standard InChI is InChI=1S/C14H22N2O4/c1-6-10-9(2)12(13(17)20-14(3,4)5)15-11(10)7-8-16(18)19/h15H,6-8H2,1-5H3. The summed E-state index contributed by atoms with van der Waals surface area (Å²) in [6.07, 6.45) is 1.01. The van der Waals surface area contributed by atoms with Crippen LogP contribution >= 0.6 is 0 Å². The Morgan fingerprint density at radius 3 is 2.45 bits per heavy atom. The molecular formula is C14H22N2O4. The quantitative estimate of drug-likeness (QED) is 0.511. The molecule has 0 bridgehead atoms. The monoisotopic (exact) mass is 282 g/mol. The molecule has 0 amide bonds. The number of nitrogens with one attached hydrogen (secondary N) is 1. The molecule has 0 radical (unpaired) electrons. The van der Waals surface area contributed by atoms with Gasteiger partial charge in [-0.05, 0) is 45.2 Å². The average Bonchev–Trinajstić information content (AvgIpc) is 2.60. The van der Waals surface area contributed by atoms with Crippen molar-refractivity contribution in [2.24, 2.45) is 0 Å². The maximum atomic E-state index is 12.1. The Balaban J connectivity index is 3.03. The van der Waals surface area contributed by atoms with E-state index in [2.05, 4.69) is 4.98 Å². The molecule has 6 heteroatoms. The fraction of sp³-hybridized carbons (Fsp3) is 0.643. The minimum atomic E-state index is -0.567. The van der Waals surface area contributed by atoms with Gasteiger partial charge in [-0.1, -0.05) is 6.92 Å². The number of carbonyl (C=O) groups is 1. The van der Waals surface area contributed by atoms with Crippen LogP contribution in [0, 0.1) is 17.0 Å². The van der Waals surface area contributed by atoms with Gasteiger partial charge >= 0.3 is 5.97 Å². The molecule has 0 aromatic carbocycles. The number of H-pyrrole nitrogens is 1. The summed E-state index contributed by atoms with van der Waals surface area (Å²) >= 11 is 0. The summed E-state index contributed by atoms with van der Waals surface area (Å²) in [6, 6.07) is 0. The van der Waals surface area contributed by atoms with Crippen molar-refractivity contribution in [3.05, 3.63) is 32.6 Å². The van der Waals surface area contributed by atoms with Gasteiger partial charge in [0.25, 0.3) is 0 Å². The third-order valence-electron chi connectivity index (χ3n) is 2.97. The molecule has 1 heterocycles. The fourth-order valence-electron chi connectivity index (χ4n) is 2.13. The van der Waals surface area contributed by atoms with Crippen molar-refractivity contribution in [3.8, 4) is 0 Å². The molecule has 20 heavy (non-hydrogen) atoms. The van der Waals surface area contributed by atoms with Crippen molar-refractivity contribution in [2.45, 2.75) is 53.1 Å². The first-order valence-electron chi connectivity index (χ1n) is 6.71. The summed E-state index contributed by atoms with van der Waals surface area (Å²) < 4.78 is 5.34. The molecule has 0 saturated carbocycles. The first kappa shape index (κ1) is 16.2. The maximum Gasteiger partial charge on any atom is 0.355 e. The van der Waals surface area contributed by atoms with E-state index in [0.717, 1.165) is 23.2 Å². The van der Waals surface area contributed by atoms with Gasteiger partial charge in [0.2, 0.25) is 6.54 Å². The van der Waals surface area contributed by atoms with E-state index in [1.54, 1.807) is 20.8 Å². The molecule has 6 nitrogen and oxygen atoms in total. The zero-order valence-electron chi connectivity index (χ0n) is 12.7. The Labute approximate surface area is 118 Å². The van der Waals surface area contributed by atoms with E-state index < -0.39 is 11.6 Å². The topological polar surface area (TPSA) is 85.2 Å². The molecule has 0 spiro atoms. The second-order valence-electron chi connectivity index (χ2n) is 5.74. The Bertz CT molecular complexity index is 512. The number of aromatic amines is 1. The molecule has 0 aliphatic rings. The predicted molar refractivity (Wildman–Crippen MR) is 75.6 cm³/mol. The first-order chi connectivity index (χ1) is 9.15. The van der Waals surface area contributed by atoms with Crippen LogP contribution in [0.3, 0.4) is 0 Å². The Hall–Kier alpha value is -1.85. The van der Waals surface area contributed by atoms with Crippen molar-refractivity contribution in [1.82, 2.24) is 4.98 Å². The lowest BCUT2D eigenvalue weighted by atomic mass is 10.1. The summed E-state index contributed by atoms with van der Waals surface area (Å²) in [5.74, 6) is -0.419. The van der Waals surface area contributed by atoms with Crippen LogP contribution in [0.2, 0.25) is 0 Å². The van der Waals surface area contributed by atoms with E-state index >= 15 is 0 Å². The summed E-state index contributed by atoms with van der Waals surface area (Å²) in [5.41, 5.74) is 2.37. The third kappa shape index (κ3) is 4.08. The number of ether oxygens (including phenoxy) is 1. The SMILES string of the molecule is CCc1c(CC[N+](=O)[O-])[nH]c(C(=O)OC(C)(C)C)c1C. The Morgan fingerprint density at radius 2 is 2.00 bits per heavy atom. The molecule has 0 aliphatic heterocycles. The van der Waals surface area contributed by atoms with Crippen LogP contribution in [0.5, 0.6) is 0 Å². The van der Waals surface area contributed by atoms with Gasteiger partial charge in [0.05, 0.1) is 6.42 Å². The third-order valence-corrected chi connectivity index (χ3v) is 2.97. The molecule has 0 aliphatic carbocycles. The molecule has 1 aromatic rings. The lowest BCUT2D eigenvalue weighted by Crippen LogP contribution is -2.24. The molecule has 1 N–H and O–H groups in total. The highest BCUT2D eigenvalue weighted by molar-refractivity contribution is 5.90. The van der Waals surface area contributed by atoms with E-state index in [4.69, 9.17) is 4.74 Å². The van der Waals surface area contributed by atoms with Crippen LogP contribution in [-0.4, -0.2) is 28.0 Å². The first-order valence-corrected chi connectivity index (χ1v) is 6.71. The van der Waals surface area contributed by atoms with Gasteiger partial charge in [-0.3, -0.25) is 10.1 Å². The van der Waals surface area contributed by atoms with E-state index in [0.29, 0.717) is 12.1 Å².